The summed E-state index contributed by atoms with van der Waals surface area (Å²) in [6.07, 6.45) is 6.42. The first kappa shape index (κ1) is 24.5. The van der Waals surface area contributed by atoms with E-state index in [2.05, 4.69) is 10.9 Å². The molecule has 0 bridgehead atoms. The summed E-state index contributed by atoms with van der Waals surface area (Å²) in [5, 5.41) is 0. The monoisotopic (exact) mass is 408 g/mol. The molecule has 0 aromatic carbocycles. The number of carbonyl (C=O) groups excluding carboxylic acids is 5. The number of nitrogens with one attached hydrogen (secondary N) is 2. The highest BCUT2D eigenvalue weighted by atomic mass is 16.2. The fourth-order valence-corrected chi connectivity index (χ4v) is 3.06. The number of likely N-dealkylation sites (N-methyl/N-ethyl adjacent to an activating group) is 1. The largest absolute Gasteiger partial charge is 0.302 e. The van der Waals surface area contributed by atoms with Crippen LogP contribution in [0.2, 0.25) is 0 Å². The minimum Gasteiger partial charge on any atom is -0.302 e. The Kier molecular flexibility index (Phi) is 10.8. The number of hydrogen-bond donors (Lipinski definition) is 2. The van der Waals surface area contributed by atoms with Crippen LogP contribution >= 0.6 is 0 Å². The van der Waals surface area contributed by atoms with E-state index in [-0.39, 0.29) is 48.4 Å². The summed E-state index contributed by atoms with van der Waals surface area (Å²) >= 11 is 0. The van der Waals surface area contributed by atoms with Crippen LogP contribution < -0.4 is 10.9 Å². The molecule has 0 aromatic rings. The Morgan fingerprint density at radius 1 is 1.00 bits per heavy atom. The maximum atomic E-state index is 11.8. The number of rotatable bonds is 13. The third-order valence-electron chi connectivity index (χ3n) is 4.77. The first-order chi connectivity index (χ1) is 13.8. The van der Waals surface area contributed by atoms with E-state index < -0.39 is 0 Å². The summed E-state index contributed by atoms with van der Waals surface area (Å²) in [7, 11) is 1.85. The second-order valence-corrected chi connectivity index (χ2v) is 7.52. The van der Waals surface area contributed by atoms with E-state index in [0.717, 1.165) is 6.29 Å². The molecule has 0 aliphatic carbocycles. The van der Waals surface area contributed by atoms with Crippen molar-refractivity contribution < 1.29 is 24.0 Å². The van der Waals surface area contributed by atoms with Crippen molar-refractivity contribution >= 4 is 29.9 Å². The van der Waals surface area contributed by atoms with Crippen molar-refractivity contribution in [2.45, 2.75) is 58.4 Å². The number of amides is 4. The Balaban J connectivity index is 2.07. The van der Waals surface area contributed by atoms with Crippen LogP contribution in [0.25, 0.3) is 0 Å². The van der Waals surface area contributed by atoms with Crippen molar-refractivity contribution in [3.05, 3.63) is 12.2 Å². The third kappa shape index (κ3) is 8.99. The Morgan fingerprint density at radius 2 is 1.55 bits per heavy atom. The first-order valence-electron chi connectivity index (χ1n) is 10.0. The SMILES string of the molecule is CC(C)[C@@H](C=O)N(C)CCCC(=O)NNC(=O)CCCCCN1C(=O)C=CC1=O. The molecule has 1 aliphatic rings. The van der Waals surface area contributed by atoms with Crippen LogP contribution in [0.5, 0.6) is 0 Å². The van der Waals surface area contributed by atoms with Gasteiger partial charge >= 0.3 is 0 Å². The van der Waals surface area contributed by atoms with Gasteiger partial charge in [0, 0.05) is 31.5 Å². The molecular formula is C20H32N4O5. The Labute approximate surface area is 171 Å². The molecule has 162 valence electrons. The van der Waals surface area contributed by atoms with Crippen molar-refractivity contribution in [1.29, 1.82) is 0 Å². The third-order valence-corrected chi connectivity index (χ3v) is 4.77. The Morgan fingerprint density at radius 3 is 2.07 bits per heavy atom. The zero-order valence-corrected chi connectivity index (χ0v) is 17.5. The minimum atomic E-state index is -0.299. The van der Waals surface area contributed by atoms with Gasteiger partial charge in [0.15, 0.2) is 0 Å². The van der Waals surface area contributed by atoms with Gasteiger partial charge in [-0.1, -0.05) is 20.3 Å². The summed E-state index contributed by atoms with van der Waals surface area (Å²) in [5.74, 6) is -0.956. The summed E-state index contributed by atoms with van der Waals surface area (Å²) in [6, 6.07) is -0.171. The van der Waals surface area contributed by atoms with Crippen molar-refractivity contribution in [3.63, 3.8) is 0 Å². The van der Waals surface area contributed by atoms with Crippen LogP contribution in [0.15, 0.2) is 12.2 Å². The number of hydrogen-bond acceptors (Lipinski definition) is 6. The topological polar surface area (TPSA) is 116 Å². The van der Waals surface area contributed by atoms with Crippen molar-refractivity contribution in [2.24, 2.45) is 5.92 Å². The van der Waals surface area contributed by atoms with Gasteiger partial charge < -0.3 is 4.79 Å². The minimum absolute atomic E-state index is 0.171. The van der Waals surface area contributed by atoms with Crippen molar-refractivity contribution in [3.8, 4) is 0 Å². The maximum absolute atomic E-state index is 11.8. The molecule has 1 atom stereocenters. The fraction of sp³-hybridized carbons (Fsp3) is 0.650. The smallest absolute Gasteiger partial charge is 0.253 e. The summed E-state index contributed by atoms with van der Waals surface area (Å²) in [5.41, 5.74) is 4.77. The summed E-state index contributed by atoms with van der Waals surface area (Å²) < 4.78 is 0. The number of carbonyl (C=O) groups is 5. The predicted octanol–water partition coefficient (Wildman–Crippen LogP) is 0.555. The average Bonchev–Trinajstić information content (AvgIpc) is 2.98. The highest BCUT2D eigenvalue weighted by molar-refractivity contribution is 6.12. The lowest BCUT2D eigenvalue weighted by Gasteiger charge is -2.26. The zero-order chi connectivity index (χ0) is 21.8. The highest BCUT2D eigenvalue weighted by Gasteiger charge is 2.22. The van der Waals surface area contributed by atoms with Gasteiger partial charge in [-0.05, 0) is 38.8 Å². The van der Waals surface area contributed by atoms with Gasteiger partial charge in [-0.25, -0.2) is 0 Å². The molecule has 0 aromatic heterocycles. The van der Waals surface area contributed by atoms with Crippen LogP contribution in [0.4, 0.5) is 0 Å². The predicted molar refractivity (Wildman–Crippen MR) is 107 cm³/mol. The molecule has 0 spiro atoms. The number of unbranched alkanes of at least 4 members (excludes halogenated alkanes) is 2. The first-order valence-corrected chi connectivity index (χ1v) is 10.0. The molecule has 1 rings (SSSR count). The molecule has 1 heterocycles. The van der Waals surface area contributed by atoms with Crippen molar-refractivity contribution in [2.75, 3.05) is 20.1 Å². The average molecular weight is 408 g/mol. The fourth-order valence-electron chi connectivity index (χ4n) is 3.06. The number of imide groups is 1. The van der Waals surface area contributed by atoms with E-state index in [4.69, 9.17) is 0 Å². The molecule has 0 fully saturated rings. The van der Waals surface area contributed by atoms with E-state index in [0.29, 0.717) is 38.8 Å². The molecule has 9 heteroatoms. The van der Waals surface area contributed by atoms with Crippen LogP contribution in [-0.2, 0) is 24.0 Å². The van der Waals surface area contributed by atoms with Crippen LogP contribution in [0.3, 0.4) is 0 Å². The molecule has 0 saturated carbocycles. The van der Waals surface area contributed by atoms with E-state index in [9.17, 15) is 24.0 Å². The normalized spacial score (nSPS) is 14.6. The maximum Gasteiger partial charge on any atom is 0.253 e. The number of nitrogens with zero attached hydrogens (tertiary/aromatic N) is 2. The van der Waals surface area contributed by atoms with Gasteiger partial charge in [0.25, 0.3) is 11.8 Å². The van der Waals surface area contributed by atoms with Gasteiger partial charge in [0.1, 0.15) is 6.29 Å². The second kappa shape index (κ2) is 12.8. The Hall–Kier alpha value is -2.55. The van der Waals surface area contributed by atoms with Gasteiger partial charge in [-0.3, -0.25) is 39.8 Å². The zero-order valence-electron chi connectivity index (χ0n) is 17.5. The highest BCUT2D eigenvalue weighted by Crippen LogP contribution is 2.08. The van der Waals surface area contributed by atoms with E-state index in [1.807, 2.05) is 25.8 Å². The van der Waals surface area contributed by atoms with Crippen LogP contribution in [-0.4, -0.2) is 65.9 Å². The molecule has 29 heavy (non-hydrogen) atoms. The molecule has 0 unspecified atom stereocenters. The number of aldehydes is 1. The summed E-state index contributed by atoms with van der Waals surface area (Å²) in [4.78, 5) is 60.5. The van der Waals surface area contributed by atoms with Gasteiger partial charge in [0.2, 0.25) is 11.8 Å². The Bertz CT molecular complexity index is 614. The molecule has 2 N–H and O–H groups in total. The van der Waals surface area contributed by atoms with Gasteiger partial charge in [-0.15, -0.1) is 0 Å². The second-order valence-electron chi connectivity index (χ2n) is 7.52. The van der Waals surface area contributed by atoms with E-state index in [1.165, 1.54) is 17.1 Å². The quantitative estimate of drug-likeness (QED) is 0.199. The van der Waals surface area contributed by atoms with E-state index >= 15 is 0 Å². The van der Waals surface area contributed by atoms with Crippen LogP contribution in [0, 0.1) is 5.92 Å². The molecule has 0 saturated heterocycles. The number of hydrazine groups is 1. The standard InChI is InChI=1S/C20H32N4O5/c1-15(2)16(14-25)23(3)12-7-9-18(27)22-21-17(26)8-5-4-6-13-24-19(28)10-11-20(24)29/h10-11,14-16H,4-9,12-13H2,1-3H3,(H,21,26)(H,22,27)/t16-/m1/s1. The van der Waals surface area contributed by atoms with E-state index in [1.54, 1.807) is 0 Å². The lowest BCUT2D eigenvalue weighted by atomic mass is 10.0. The lowest BCUT2D eigenvalue weighted by molar-refractivity contribution is -0.137. The van der Waals surface area contributed by atoms with Crippen LogP contribution in [0.1, 0.15) is 52.4 Å². The molecule has 1 aliphatic heterocycles. The summed E-state index contributed by atoms with van der Waals surface area (Å²) in [6.45, 7) is 4.90. The van der Waals surface area contributed by atoms with Gasteiger partial charge in [0.05, 0.1) is 6.04 Å². The molecule has 4 amide bonds. The molecule has 0 radical (unpaired) electrons. The van der Waals surface area contributed by atoms with Crippen molar-refractivity contribution in [1.82, 2.24) is 20.7 Å². The van der Waals surface area contributed by atoms with Gasteiger partial charge in [-0.2, -0.15) is 0 Å². The molecule has 9 nitrogen and oxygen atoms in total. The molecular weight excluding hydrogens is 376 g/mol. The lowest BCUT2D eigenvalue weighted by Crippen LogP contribution is -2.42.